The van der Waals surface area contributed by atoms with E-state index in [1.165, 1.54) is 26.8 Å². The van der Waals surface area contributed by atoms with Crippen molar-refractivity contribution in [2.75, 3.05) is 10.6 Å². The van der Waals surface area contributed by atoms with Crippen molar-refractivity contribution in [3.8, 4) is 5.69 Å². The molecule has 0 unspecified atom stereocenters. The molecule has 0 saturated heterocycles. The summed E-state index contributed by atoms with van der Waals surface area (Å²) in [5.74, 6) is -0.395. The van der Waals surface area contributed by atoms with Crippen LogP contribution in [0.25, 0.3) is 16.6 Å². The molecule has 0 aliphatic heterocycles. The zero-order valence-electron chi connectivity index (χ0n) is 21.2. The smallest absolute Gasteiger partial charge is 0.336 e. The topological polar surface area (TPSA) is 90.1 Å². The first-order chi connectivity index (χ1) is 17.6. The average Bonchev–Trinajstić information content (AvgIpc) is 3.67. The summed E-state index contributed by atoms with van der Waals surface area (Å²) in [7, 11) is 1.52. The molecule has 1 fully saturated rings. The molecule has 9 heteroatoms. The maximum Gasteiger partial charge on any atom is 0.336 e. The number of nitrogens with one attached hydrogen (secondary N) is 2. The van der Waals surface area contributed by atoms with Crippen molar-refractivity contribution in [2.45, 2.75) is 39.7 Å². The predicted molar refractivity (Wildman–Crippen MR) is 145 cm³/mol. The normalized spacial score (nSPS) is 13.1. The van der Waals surface area contributed by atoms with Gasteiger partial charge in [0.1, 0.15) is 17.0 Å². The zero-order chi connectivity index (χ0) is 26.6. The lowest BCUT2D eigenvalue weighted by atomic mass is 10.1. The summed E-state index contributed by atoms with van der Waals surface area (Å²) in [6, 6.07) is 11.6. The van der Waals surface area contributed by atoms with Crippen molar-refractivity contribution in [3.63, 3.8) is 0 Å². The Labute approximate surface area is 212 Å². The van der Waals surface area contributed by atoms with Crippen molar-refractivity contribution in [1.82, 2.24) is 13.7 Å². The van der Waals surface area contributed by atoms with E-state index in [0.29, 0.717) is 29.9 Å². The molecule has 0 bridgehead atoms. The van der Waals surface area contributed by atoms with Crippen LogP contribution in [0.4, 0.5) is 21.6 Å². The molecule has 2 N–H and O–H groups in total. The molecule has 0 atom stereocenters. The van der Waals surface area contributed by atoms with Gasteiger partial charge in [-0.3, -0.25) is 23.3 Å². The number of halogens is 1. The molecule has 0 spiro atoms. The van der Waals surface area contributed by atoms with Crippen molar-refractivity contribution < 1.29 is 4.39 Å². The Balaban J connectivity index is 1.90. The van der Waals surface area contributed by atoms with Gasteiger partial charge in [-0.2, -0.15) is 0 Å². The summed E-state index contributed by atoms with van der Waals surface area (Å²) in [4.78, 5) is 41.1. The Kier molecular flexibility index (Phi) is 5.86. The van der Waals surface area contributed by atoms with Gasteiger partial charge < -0.3 is 10.6 Å². The zero-order valence-corrected chi connectivity index (χ0v) is 21.2. The largest absolute Gasteiger partial charge is 0.360 e. The van der Waals surface area contributed by atoms with E-state index < -0.39 is 22.6 Å². The number of aromatic nitrogens is 3. The number of pyridine rings is 1. The Bertz CT molecular complexity index is 1780. The van der Waals surface area contributed by atoms with Crippen LogP contribution in [0.1, 0.15) is 36.9 Å². The first-order valence-electron chi connectivity index (χ1n) is 12.1. The fourth-order valence-electron chi connectivity index (χ4n) is 4.67. The highest BCUT2D eigenvalue weighted by atomic mass is 19.1. The van der Waals surface area contributed by atoms with Gasteiger partial charge in [0.15, 0.2) is 0 Å². The van der Waals surface area contributed by atoms with E-state index >= 15 is 0 Å². The first-order valence-corrected chi connectivity index (χ1v) is 12.1. The molecule has 8 nitrogen and oxygen atoms in total. The number of fused-ring (bicyclic) bond motifs is 1. The minimum atomic E-state index is -0.518. The number of hydrogen-bond acceptors (Lipinski definition) is 5. The van der Waals surface area contributed by atoms with Crippen molar-refractivity contribution in [1.29, 1.82) is 0 Å². The van der Waals surface area contributed by atoms with Crippen LogP contribution in [0.3, 0.4) is 0 Å². The van der Waals surface area contributed by atoms with Gasteiger partial charge in [0, 0.05) is 30.0 Å². The van der Waals surface area contributed by atoms with Crippen LogP contribution in [-0.2, 0) is 7.05 Å². The molecule has 1 aliphatic rings. The third kappa shape index (κ3) is 4.16. The van der Waals surface area contributed by atoms with E-state index in [0.717, 1.165) is 5.56 Å². The van der Waals surface area contributed by atoms with Gasteiger partial charge in [0.25, 0.3) is 11.1 Å². The fourth-order valence-corrected chi connectivity index (χ4v) is 4.67. The maximum absolute atomic E-state index is 14.8. The standard InChI is InChI=1S/C28H28FN5O3/c1-15(2)30-18-7-6-8-20(14-18)33-24-17(4)26(35)32(5)25(31-22-12-9-16(3)13-21(22)29)23(24)27(36)34(28(33)37)19-10-11-19/h6-9,12-14,19,30-31H,1,10-11H2,2-5H3. The Hall–Kier alpha value is -4.40. The van der Waals surface area contributed by atoms with Gasteiger partial charge in [-0.15, -0.1) is 0 Å². The summed E-state index contributed by atoms with van der Waals surface area (Å²) in [5, 5.41) is 6.26. The lowest BCUT2D eigenvalue weighted by molar-refractivity contribution is 0.630. The van der Waals surface area contributed by atoms with Crippen LogP contribution in [0.2, 0.25) is 0 Å². The lowest BCUT2D eigenvalue weighted by Gasteiger charge is -2.21. The quantitative estimate of drug-likeness (QED) is 0.402. The Morgan fingerprint density at radius 1 is 1.05 bits per heavy atom. The fraction of sp³-hybridized carbons (Fsp3) is 0.250. The third-order valence-corrected chi connectivity index (χ3v) is 6.60. The van der Waals surface area contributed by atoms with Gasteiger partial charge >= 0.3 is 5.69 Å². The number of nitrogens with zero attached hydrogens (tertiary/aromatic N) is 3. The molecular formula is C28H28FN5O3. The summed E-state index contributed by atoms with van der Waals surface area (Å²) in [6.45, 7) is 9.05. The van der Waals surface area contributed by atoms with Crippen LogP contribution in [0.5, 0.6) is 0 Å². The van der Waals surface area contributed by atoms with E-state index in [-0.39, 0.29) is 34.0 Å². The number of aryl methyl sites for hydroxylation is 2. The molecule has 190 valence electrons. The van der Waals surface area contributed by atoms with Crippen molar-refractivity contribution in [2.24, 2.45) is 7.05 Å². The molecule has 0 amide bonds. The van der Waals surface area contributed by atoms with E-state index in [1.807, 2.05) is 13.0 Å². The Morgan fingerprint density at radius 3 is 2.43 bits per heavy atom. The molecule has 4 aromatic rings. The van der Waals surface area contributed by atoms with Crippen LogP contribution in [0, 0.1) is 19.7 Å². The highest BCUT2D eigenvalue weighted by molar-refractivity contribution is 5.93. The molecule has 2 aromatic carbocycles. The number of benzene rings is 2. The van der Waals surface area contributed by atoms with E-state index in [4.69, 9.17) is 0 Å². The molecule has 2 aromatic heterocycles. The number of allylic oxidation sites excluding steroid dienone is 1. The van der Waals surface area contributed by atoms with E-state index in [9.17, 15) is 18.8 Å². The highest BCUT2D eigenvalue weighted by Crippen LogP contribution is 2.34. The molecule has 1 aliphatic carbocycles. The van der Waals surface area contributed by atoms with E-state index in [1.54, 1.807) is 44.2 Å². The number of hydrogen-bond donors (Lipinski definition) is 2. The second-order valence-electron chi connectivity index (χ2n) is 9.65. The van der Waals surface area contributed by atoms with Crippen LogP contribution >= 0.6 is 0 Å². The molecule has 37 heavy (non-hydrogen) atoms. The molecular weight excluding hydrogens is 473 g/mol. The third-order valence-electron chi connectivity index (χ3n) is 6.60. The summed E-state index contributed by atoms with van der Waals surface area (Å²) in [5.41, 5.74) is 1.76. The number of rotatable bonds is 6. The summed E-state index contributed by atoms with van der Waals surface area (Å²) >= 11 is 0. The monoisotopic (exact) mass is 501 g/mol. The minimum absolute atomic E-state index is 0.119. The van der Waals surface area contributed by atoms with Crippen LogP contribution < -0.4 is 27.4 Å². The Morgan fingerprint density at radius 2 is 1.78 bits per heavy atom. The predicted octanol–water partition coefficient (Wildman–Crippen LogP) is 4.63. The number of anilines is 3. The van der Waals surface area contributed by atoms with Gasteiger partial charge in [0.2, 0.25) is 0 Å². The molecule has 2 heterocycles. The second kappa shape index (κ2) is 8.92. The molecule has 0 radical (unpaired) electrons. The van der Waals surface area contributed by atoms with Gasteiger partial charge in [-0.1, -0.05) is 18.7 Å². The van der Waals surface area contributed by atoms with Crippen LogP contribution in [-0.4, -0.2) is 13.7 Å². The van der Waals surface area contributed by atoms with Gasteiger partial charge in [-0.05, 0) is 69.5 Å². The molecule has 1 saturated carbocycles. The molecule has 5 rings (SSSR count). The summed E-state index contributed by atoms with van der Waals surface area (Å²) in [6.07, 6.45) is 1.41. The minimum Gasteiger partial charge on any atom is -0.360 e. The SMILES string of the molecule is C=C(C)Nc1cccc(-n2c(=O)n(C3CC3)c(=O)c3c(Nc4ccc(C)cc4F)n(C)c(=O)c(C)c32)c1. The van der Waals surface area contributed by atoms with Crippen LogP contribution in [0.15, 0.2) is 69.1 Å². The van der Waals surface area contributed by atoms with E-state index in [2.05, 4.69) is 17.2 Å². The average molecular weight is 502 g/mol. The summed E-state index contributed by atoms with van der Waals surface area (Å²) < 4.78 is 18.8. The lowest BCUT2D eigenvalue weighted by Crippen LogP contribution is -2.41. The van der Waals surface area contributed by atoms with Crippen molar-refractivity contribution in [3.05, 3.63) is 103 Å². The highest BCUT2D eigenvalue weighted by Gasteiger charge is 2.31. The van der Waals surface area contributed by atoms with Gasteiger partial charge in [-0.25, -0.2) is 9.18 Å². The first kappa shape index (κ1) is 24.3. The second-order valence-corrected chi connectivity index (χ2v) is 9.65. The maximum atomic E-state index is 14.8. The van der Waals surface area contributed by atoms with Crippen molar-refractivity contribution >= 4 is 28.1 Å². The van der Waals surface area contributed by atoms with Gasteiger partial charge in [0.05, 0.1) is 16.9 Å².